The number of urea groups is 1. The second kappa shape index (κ2) is 6.89. The van der Waals surface area contributed by atoms with Gasteiger partial charge in [-0.3, -0.25) is 14.3 Å². The van der Waals surface area contributed by atoms with E-state index in [1.165, 1.54) is 6.92 Å². The molecule has 1 aromatic carbocycles. The lowest BCUT2D eigenvalue weighted by Gasteiger charge is -2.12. The van der Waals surface area contributed by atoms with Gasteiger partial charge in [-0.2, -0.15) is 0 Å². The van der Waals surface area contributed by atoms with Crippen LogP contribution in [0.4, 0.5) is 10.5 Å². The Morgan fingerprint density at radius 2 is 2.00 bits per heavy atom. The molecule has 0 fully saturated rings. The predicted octanol–water partition coefficient (Wildman–Crippen LogP) is 0.611. The Balaban J connectivity index is 2.75. The SMILES string of the molecule is CCNC(=O)NC(=O)C(C)S(=O)c1ccccc1N. The predicted molar refractivity (Wildman–Crippen MR) is 73.9 cm³/mol. The number of hydrogen-bond acceptors (Lipinski definition) is 4. The molecule has 0 aromatic heterocycles. The third-order valence-electron chi connectivity index (χ3n) is 2.40. The van der Waals surface area contributed by atoms with Crippen LogP contribution in [0.25, 0.3) is 0 Å². The van der Waals surface area contributed by atoms with Crippen LogP contribution in [0.2, 0.25) is 0 Å². The van der Waals surface area contributed by atoms with E-state index >= 15 is 0 Å². The van der Waals surface area contributed by atoms with Gasteiger partial charge in [-0.1, -0.05) is 12.1 Å². The summed E-state index contributed by atoms with van der Waals surface area (Å²) in [5, 5.41) is 3.69. The van der Waals surface area contributed by atoms with Gasteiger partial charge in [-0.05, 0) is 26.0 Å². The smallest absolute Gasteiger partial charge is 0.321 e. The highest BCUT2D eigenvalue weighted by Gasteiger charge is 2.24. The number of carbonyl (C=O) groups is 2. The molecule has 0 radical (unpaired) electrons. The normalized spacial score (nSPS) is 13.4. The highest BCUT2D eigenvalue weighted by Crippen LogP contribution is 2.18. The topological polar surface area (TPSA) is 101 Å². The molecule has 7 heteroatoms. The first-order chi connectivity index (χ1) is 8.97. The monoisotopic (exact) mass is 283 g/mol. The minimum absolute atomic E-state index is 0.360. The molecule has 104 valence electrons. The molecule has 2 unspecified atom stereocenters. The summed E-state index contributed by atoms with van der Waals surface area (Å²) >= 11 is 0. The molecular formula is C12H17N3O3S. The number of para-hydroxylation sites is 1. The number of nitrogens with two attached hydrogens (primary N) is 1. The fraction of sp³-hybridized carbons (Fsp3) is 0.333. The van der Waals surface area contributed by atoms with Crippen LogP contribution in [0.3, 0.4) is 0 Å². The average Bonchev–Trinajstić information content (AvgIpc) is 2.37. The molecule has 0 aliphatic rings. The molecule has 0 aliphatic heterocycles. The maximum Gasteiger partial charge on any atom is 0.321 e. The molecule has 3 amide bonds. The summed E-state index contributed by atoms with van der Waals surface area (Å²) in [6.45, 7) is 3.62. The maximum atomic E-state index is 12.2. The number of amides is 3. The zero-order chi connectivity index (χ0) is 14.4. The van der Waals surface area contributed by atoms with Gasteiger partial charge >= 0.3 is 6.03 Å². The summed E-state index contributed by atoms with van der Waals surface area (Å²) in [5.74, 6) is -0.604. The number of benzene rings is 1. The quantitative estimate of drug-likeness (QED) is 0.705. The van der Waals surface area contributed by atoms with Gasteiger partial charge in [0.25, 0.3) is 0 Å². The summed E-state index contributed by atoms with van der Waals surface area (Å²) in [7, 11) is -1.61. The van der Waals surface area contributed by atoms with Gasteiger partial charge < -0.3 is 11.1 Å². The first-order valence-corrected chi connectivity index (χ1v) is 7.02. The van der Waals surface area contributed by atoms with Crippen molar-refractivity contribution in [2.45, 2.75) is 24.0 Å². The summed E-state index contributed by atoms with van der Waals surface area (Å²) in [6, 6.07) is 6.02. The van der Waals surface area contributed by atoms with E-state index in [4.69, 9.17) is 5.73 Å². The molecule has 0 spiro atoms. The van der Waals surface area contributed by atoms with Gasteiger partial charge in [0.05, 0.1) is 15.7 Å². The molecule has 0 saturated carbocycles. The van der Waals surface area contributed by atoms with Crippen LogP contribution in [-0.2, 0) is 15.6 Å². The van der Waals surface area contributed by atoms with E-state index in [9.17, 15) is 13.8 Å². The number of anilines is 1. The molecule has 0 heterocycles. The molecule has 0 bridgehead atoms. The number of nitrogen functional groups attached to an aromatic ring is 1. The molecule has 2 atom stereocenters. The molecule has 1 rings (SSSR count). The molecule has 0 saturated heterocycles. The third-order valence-corrected chi connectivity index (χ3v) is 4.06. The Hall–Kier alpha value is -1.89. The Morgan fingerprint density at radius 1 is 1.37 bits per heavy atom. The van der Waals surface area contributed by atoms with Crippen LogP contribution in [0, 0.1) is 0 Å². The summed E-state index contributed by atoms with van der Waals surface area (Å²) < 4.78 is 12.2. The zero-order valence-electron chi connectivity index (χ0n) is 10.8. The summed E-state index contributed by atoms with van der Waals surface area (Å²) in [5.41, 5.74) is 6.06. The number of carbonyl (C=O) groups excluding carboxylic acids is 2. The van der Waals surface area contributed by atoms with Crippen LogP contribution < -0.4 is 16.4 Å². The fourth-order valence-corrected chi connectivity index (χ4v) is 2.52. The van der Waals surface area contributed by atoms with Gasteiger partial charge in [0, 0.05) is 12.2 Å². The van der Waals surface area contributed by atoms with Crippen molar-refractivity contribution >= 4 is 28.4 Å². The molecular weight excluding hydrogens is 266 g/mol. The minimum atomic E-state index is -1.61. The van der Waals surface area contributed by atoms with Gasteiger partial charge in [0.2, 0.25) is 5.91 Å². The standard InChI is InChI=1S/C12H17N3O3S/c1-3-14-12(17)15-11(16)8(2)19(18)10-7-5-4-6-9(10)13/h4-8H,3,13H2,1-2H3,(H2,14,15,16,17). The lowest BCUT2D eigenvalue weighted by atomic mass is 10.3. The van der Waals surface area contributed by atoms with E-state index in [-0.39, 0.29) is 0 Å². The number of hydrogen-bond donors (Lipinski definition) is 3. The maximum absolute atomic E-state index is 12.2. The first-order valence-electron chi connectivity index (χ1n) is 5.81. The average molecular weight is 283 g/mol. The lowest BCUT2D eigenvalue weighted by Crippen LogP contribution is -2.44. The molecule has 19 heavy (non-hydrogen) atoms. The second-order valence-electron chi connectivity index (χ2n) is 3.83. The van der Waals surface area contributed by atoms with Crippen molar-refractivity contribution in [3.63, 3.8) is 0 Å². The lowest BCUT2D eigenvalue weighted by molar-refractivity contribution is -0.119. The van der Waals surface area contributed by atoms with Crippen LogP contribution >= 0.6 is 0 Å². The highest BCUT2D eigenvalue weighted by molar-refractivity contribution is 7.86. The number of rotatable bonds is 4. The van der Waals surface area contributed by atoms with E-state index in [1.54, 1.807) is 31.2 Å². The fourth-order valence-electron chi connectivity index (χ4n) is 1.37. The van der Waals surface area contributed by atoms with Crippen LogP contribution in [-0.4, -0.2) is 27.9 Å². The second-order valence-corrected chi connectivity index (χ2v) is 5.57. The Labute approximate surface area is 114 Å². The van der Waals surface area contributed by atoms with Gasteiger partial charge in [0.15, 0.2) is 0 Å². The van der Waals surface area contributed by atoms with E-state index in [0.717, 1.165) is 0 Å². The van der Waals surface area contributed by atoms with Crippen molar-refractivity contribution in [1.29, 1.82) is 0 Å². The molecule has 4 N–H and O–H groups in total. The van der Waals surface area contributed by atoms with Crippen molar-refractivity contribution in [2.24, 2.45) is 0 Å². The van der Waals surface area contributed by atoms with Crippen LogP contribution in [0.15, 0.2) is 29.2 Å². The Kier molecular flexibility index (Phi) is 5.50. The van der Waals surface area contributed by atoms with Crippen LogP contribution in [0.1, 0.15) is 13.8 Å². The number of imide groups is 1. The van der Waals surface area contributed by atoms with Crippen molar-refractivity contribution in [3.05, 3.63) is 24.3 Å². The van der Waals surface area contributed by atoms with Gasteiger partial charge in [0.1, 0.15) is 5.25 Å². The van der Waals surface area contributed by atoms with E-state index in [2.05, 4.69) is 10.6 Å². The molecule has 1 aromatic rings. The van der Waals surface area contributed by atoms with Crippen molar-refractivity contribution in [3.8, 4) is 0 Å². The zero-order valence-corrected chi connectivity index (χ0v) is 11.6. The van der Waals surface area contributed by atoms with E-state index in [0.29, 0.717) is 17.1 Å². The van der Waals surface area contributed by atoms with Crippen molar-refractivity contribution < 1.29 is 13.8 Å². The van der Waals surface area contributed by atoms with Crippen LogP contribution in [0.5, 0.6) is 0 Å². The summed E-state index contributed by atoms with van der Waals surface area (Å²) in [6.07, 6.45) is 0. The largest absolute Gasteiger partial charge is 0.398 e. The van der Waals surface area contributed by atoms with E-state index in [1.807, 2.05) is 0 Å². The van der Waals surface area contributed by atoms with E-state index < -0.39 is 28.0 Å². The van der Waals surface area contributed by atoms with Crippen molar-refractivity contribution in [2.75, 3.05) is 12.3 Å². The van der Waals surface area contributed by atoms with Gasteiger partial charge in [-0.25, -0.2) is 4.79 Å². The summed E-state index contributed by atoms with van der Waals surface area (Å²) in [4.78, 5) is 23.4. The first kappa shape index (κ1) is 15.2. The third kappa shape index (κ3) is 4.06. The Morgan fingerprint density at radius 3 is 2.58 bits per heavy atom. The Bertz CT molecular complexity index is 505. The van der Waals surface area contributed by atoms with Crippen molar-refractivity contribution in [1.82, 2.24) is 10.6 Å². The molecule has 6 nitrogen and oxygen atoms in total. The minimum Gasteiger partial charge on any atom is -0.398 e. The highest BCUT2D eigenvalue weighted by atomic mass is 32.2. The van der Waals surface area contributed by atoms with Gasteiger partial charge in [-0.15, -0.1) is 0 Å². The molecule has 0 aliphatic carbocycles. The number of nitrogens with one attached hydrogen (secondary N) is 2.